The Kier molecular flexibility index (Phi) is 6.07. The van der Waals surface area contributed by atoms with Crippen LogP contribution in [0.2, 0.25) is 0 Å². The second-order valence-corrected chi connectivity index (χ2v) is 13.1. The van der Waals surface area contributed by atoms with Crippen molar-refractivity contribution in [3.05, 3.63) is 95.1 Å². The third-order valence-corrected chi connectivity index (χ3v) is 8.45. The molecule has 0 radical (unpaired) electrons. The van der Waals surface area contributed by atoms with Crippen LogP contribution in [0.1, 0.15) is 89.3 Å². The van der Waals surface area contributed by atoms with Crippen LogP contribution in [0, 0.1) is 23.7 Å². The van der Waals surface area contributed by atoms with Crippen molar-refractivity contribution < 1.29 is 0 Å². The van der Waals surface area contributed by atoms with E-state index >= 15 is 0 Å². The summed E-state index contributed by atoms with van der Waals surface area (Å²) in [5.41, 5.74) is 6.38. The first-order chi connectivity index (χ1) is 16.5. The monoisotopic (exact) mass is 462 g/mol. The van der Waals surface area contributed by atoms with Crippen molar-refractivity contribution in [1.82, 2.24) is 0 Å². The Balaban J connectivity index is 1.70. The van der Waals surface area contributed by atoms with E-state index in [1.807, 2.05) is 0 Å². The molecule has 0 spiro atoms. The van der Waals surface area contributed by atoms with E-state index in [9.17, 15) is 0 Å². The van der Waals surface area contributed by atoms with Crippen LogP contribution in [-0.4, -0.2) is 0 Å². The minimum absolute atomic E-state index is 0.199. The van der Waals surface area contributed by atoms with E-state index in [1.165, 1.54) is 56.6 Å². The average molecular weight is 463 g/mol. The summed E-state index contributed by atoms with van der Waals surface area (Å²) in [4.78, 5) is 0. The van der Waals surface area contributed by atoms with Crippen molar-refractivity contribution in [2.45, 2.75) is 79.6 Å². The summed E-state index contributed by atoms with van der Waals surface area (Å²) in [5, 5.41) is 5.79. The Morgan fingerprint density at radius 2 is 1.34 bits per heavy atom. The van der Waals surface area contributed by atoms with Crippen molar-refractivity contribution in [2.75, 3.05) is 0 Å². The molecule has 0 aromatic heterocycles. The first-order valence-electron chi connectivity index (χ1n) is 13.6. The van der Waals surface area contributed by atoms with Gasteiger partial charge in [-0.2, -0.15) is 0 Å². The van der Waals surface area contributed by atoms with Crippen molar-refractivity contribution in [1.29, 1.82) is 0 Å². The normalized spacial score (nSPS) is 23.2. The van der Waals surface area contributed by atoms with E-state index in [4.69, 9.17) is 0 Å². The molecule has 3 atom stereocenters. The predicted molar refractivity (Wildman–Crippen MR) is 154 cm³/mol. The van der Waals surface area contributed by atoms with Crippen LogP contribution in [0.5, 0.6) is 0 Å². The molecule has 35 heavy (non-hydrogen) atoms. The van der Waals surface area contributed by atoms with Gasteiger partial charge in [-0.05, 0) is 81.2 Å². The average Bonchev–Trinajstić information content (AvgIpc) is 2.81. The summed E-state index contributed by atoms with van der Waals surface area (Å²) in [7, 11) is 0. The van der Waals surface area contributed by atoms with Gasteiger partial charge < -0.3 is 0 Å². The highest BCUT2D eigenvalue weighted by atomic mass is 14.3. The molecule has 2 aliphatic carbocycles. The van der Waals surface area contributed by atoms with Crippen molar-refractivity contribution in [3.8, 4) is 0 Å². The van der Waals surface area contributed by atoms with Gasteiger partial charge >= 0.3 is 0 Å². The van der Waals surface area contributed by atoms with E-state index in [2.05, 4.69) is 121 Å². The minimum atomic E-state index is 0.199. The SMILES string of the molecule is Cc1ccc2c(C3C=CC(C(C)(C)C)CC3)c3ccccc3c(C3C=CC(C(C)(C)C)=CC3)c2c1. The second-order valence-electron chi connectivity index (χ2n) is 13.1. The lowest BCUT2D eigenvalue weighted by Gasteiger charge is -2.34. The smallest absolute Gasteiger partial charge is 0.00682 e. The van der Waals surface area contributed by atoms with Gasteiger partial charge in [0.1, 0.15) is 0 Å². The van der Waals surface area contributed by atoms with E-state index in [0.29, 0.717) is 23.2 Å². The molecule has 0 heterocycles. The molecule has 0 N–H and O–H groups in total. The topological polar surface area (TPSA) is 0 Å². The van der Waals surface area contributed by atoms with Crippen LogP contribution in [-0.2, 0) is 0 Å². The van der Waals surface area contributed by atoms with E-state index in [-0.39, 0.29) is 5.41 Å². The molecule has 3 aromatic carbocycles. The summed E-state index contributed by atoms with van der Waals surface area (Å²) in [6.45, 7) is 16.3. The largest absolute Gasteiger partial charge is 0.0843 e. The number of allylic oxidation sites excluding steroid dienone is 6. The lowest BCUT2D eigenvalue weighted by molar-refractivity contribution is 0.263. The Hall–Kier alpha value is -2.60. The van der Waals surface area contributed by atoms with E-state index in [1.54, 1.807) is 0 Å². The van der Waals surface area contributed by atoms with Crippen LogP contribution >= 0.6 is 0 Å². The van der Waals surface area contributed by atoms with Gasteiger partial charge in [0.05, 0.1) is 0 Å². The molecule has 182 valence electrons. The van der Waals surface area contributed by atoms with Crippen LogP contribution in [0.15, 0.2) is 78.4 Å². The van der Waals surface area contributed by atoms with Gasteiger partial charge in [0.25, 0.3) is 0 Å². The Bertz CT molecular complexity index is 1350. The van der Waals surface area contributed by atoms with Gasteiger partial charge in [0, 0.05) is 11.8 Å². The number of hydrogen-bond donors (Lipinski definition) is 0. The third kappa shape index (κ3) is 4.53. The molecule has 0 fully saturated rings. The summed E-state index contributed by atoms with van der Waals surface area (Å²) < 4.78 is 0. The Labute approximate surface area is 212 Å². The lowest BCUT2D eigenvalue weighted by Crippen LogP contribution is -2.21. The molecule has 0 nitrogen and oxygen atoms in total. The predicted octanol–water partition coefficient (Wildman–Crippen LogP) is 10.4. The van der Waals surface area contributed by atoms with Gasteiger partial charge in [0.15, 0.2) is 0 Å². The van der Waals surface area contributed by atoms with E-state index < -0.39 is 0 Å². The lowest BCUT2D eigenvalue weighted by atomic mass is 9.71. The van der Waals surface area contributed by atoms with Gasteiger partial charge in [-0.3, -0.25) is 0 Å². The van der Waals surface area contributed by atoms with Crippen LogP contribution in [0.25, 0.3) is 21.5 Å². The zero-order valence-corrected chi connectivity index (χ0v) is 22.8. The Morgan fingerprint density at radius 3 is 1.89 bits per heavy atom. The highest BCUT2D eigenvalue weighted by Crippen LogP contribution is 2.47. The molecule has 0 saturated carbocycles. The first kappa shape index (κ1) is 24.1. The number of fused-ring (bicyclic) bond motifs is 2. The number of rotatable bonds is 2. The fourth-order valence-corrected chi connectivity index (χ4v) is 6.33. The number of benzene rings is 3. The maximum atomic E-state index is 2.53. The highest BCUT2D eigenvalue weighted by Gasteiger charge is 2.29. The molecular weight excluding hydrogens is 420 g/mol. The summed E-state index contributed by atoms with van der Waals surface area (Å²) in [6, 6.07) is 16.4. The zero-order valence-electron chi connectivity index (χ0n) is 22.8. The van der Waals surface area contributed by atoms with Crippen LogP contribution in [0.4, 0.5) is 0 Å². The Morgan fingerprint density at radius 1 is 0.686 bits per heavy atom. The molecule has 3 aromatic rings. The van der Waals surface area contributed by atoms with Gasteiger partial charge in [-0.1, -0.05) is 120 Å². The standard InChI is InChI=1S/C35H42/c1-23-12-21-30-31(22-23)33(25-15-19-27(20-16-25)35(5,6)7)29-11-9-8-10-28(29)32(30)24-13-17-26(18-14-24)34(2,3)4/h8-13,15,17,19-22,24-26H,14,16,18H2,1-7H3. The number of hydrogen-bond acceptors (Lipinski definition) is 0. The maximum Gasteiger partial charge on any atom is 0.00682 e. The van der Waals surface area contributed by atoms with Gasteiger partial charge in [-0.15, -0.1) is 0 Å². The van der Waals surface area contributed by atoms with Crippen molar-refractivity contribution in [2.24, 2.45) is 16.7 Å². The molecule has 3 unspecified atom stereocenters. The fraction of sp³-hybridized carbons (Fsp3) is 0.429. The molecule has 0 heteroatoms. The maximum absolute atomic E-state index is 2.53. The third-order valence-electron chi connectivity index (χ3n) is 8.45. The van der Waals surface area contributed by atoms with Gasteiger partial charge in [0.2, 0.25) is 0 Å². The van der Waals surface area contributed by atoms with Crippen LogP contribution in [0.3, 0.4) is 0 Å². The molecule has 0 aliphatic heterocycles. The molecule has 0 saturated heterocycles. The first-order valence-corrected chi connectivity index (χ1v) is 13.6. The highest BCUT2D eigenvalue weighted by molar-refractivity contribution is 6.07. The van der Waals surface area contributed by atoms with Crippen molar-refractivity contribution >= 4 is 21.5 Å². The summed E-state index contributed by atoms with van der Waals surface area (Å²) in [6.07, 6.45) is 15.9. The van der Waals surface area contributed by atoms with Gasteiger partial charge in [-0.25, -0.2) is 0 Å². The summed E-state index contributed by atoms with van der Waals surface area (Å²) in [5.74, 6) is 1.55. The summed E-state index contributed by atoms with van der Waals surface area (Å²) >= 11 is 0. The second kappa shape index (κ2) is 8.81. The van der Waals surface area contributed by atoms with Crippen molar-refractivity contribution in [3.63, 3.8) is 0 Å². The van der Waals surface area contributed by atoms with E-state index in [0.717, 1.165) is 6.42 Å². The molecule has 2 aliphatic rings. The molecule has 0 bridgehead atoms. The molecular formula is C35H42. The zero-order chi connectivity index (χ0) is 25.0. The molecule has 5 rings (SSSR count). The molecule has 0 amide bonds. The number of aryl methyl sites for hydroxylation is 1. The fourth-order valence-electron chi connectivity index (χ4n) is 6.33. The van der Waals surface area contributed by atoms with Crippen LogP contribution < -0.4 is 0 Å². The quantitative estimate of drug-likeness (QED) is 0.262. The minimum Gasteiger partial charge on any atom is -0.0843 e.